The first kappa shape index (κ1) is 16.8. The Labute approximate surface area is 153 Å². The van der Waals surface area contributed by atoms with Gasteiger partial charge in [-0.3, -0.25) is 4.98 Å². The van der Waals surface area contributed by atoms with Gasteiger partial charge in [-0.2, -0.15) is 0 Å². The second-order valence-electron chi connectivity index (χ2n) is 5.19. The zero-order chi connectivity index (χ0) is 17.4. The topological polar surface area (TPSA) is 65.0 Å². The lowest BCUT2D eigenvalue weighted by Gasteiger charge is -2.17. The lowest BCUT2D eigenvalue weighted by molar-refractivity contribution is -0.254. The molecule has 1 heterocycles. The van der Waals surface area contributed by atoms with Crippen molar-refractivity contribution in [1.29, 1.82) is 0 Å². The molecule has 0 atom stereocenters. The first-order chi connectivity index (χ1) is 11.4. The van der Waals surface area contributed by atoms with E-state index in [4.69, 9.17) is 34.8 Å². The molecule has 0 saturated carbocycles. The Balaban J connectivity index is 2.25. The van der Waals surface area contributed by atoms with Gasteiger partial charge in [0.1, 0.15) is 0 Å². The van der Waals surface area contributed by atoms with Crippen LogP contribution in [0.1, 0.15) is 15.9 Å². The molecule has 4 nitrogen and oxygen atoms in total. The third kappa shape index (κ3) is 3.13. The van der Waals surface area contributed by atoms with Crippen LogP contribution in [-0.2, 0) is 0 Å². The maximum atomic E-state index is 11.5. The fourth-order valence-corrected chi connectivity index (χ4v) is 3.12. The standard InChI is InChI=1S/C17H11Cl3N2O2/c1-8-14(20)3-2-12-15(8)21-7-13(17(23)24)16(12)22-11-5-9(18)4-10(19)6-11/h2-7H,1H3,(H,21,22)(H,23,24)/p-1. The molecule has 1 N–H and O–H groups in total. The van der Waals surface area contributed by atoms with Gasteiger partial charge >= 0.3 is 0 Å². The number of carboxylic acid groups (broad SMARTS) is 1. The molecule has 0 spiro atoms. The van der Waals surface area contributed by atoms with Crippen LogP contribution in [0.3, 0.4) is 0 Å². The van der Waals surface area contributed by atoms with Crippen LogP contribution in [0.2, 0.25) is 15.1 Å². The van der Waals surface area contributed by atoms with Crippen LogP contribution in [0.25, 0.3) is 10.9 Å². The largest absolute Gasteiger partial charge is 0.545 e. The molecular formula is C17H10Cl3N2O2-. The summed E-state index contributed by atoms with van der Waals surface area (Å²) >= 11 is 18.1. The summed E-state index contributed by atoms with van der Waals surface area (Å²) in [6.45, 7) is 1.82. The zero-order valence-corrected chi connectivity index (χ0v) is 14.6. The van der Waals surface area contributed by atoms with Crippen LogP contribution in [0.4, 0.5) is 11.4 Å². The van der Waals surface area contributed by atoms with Gasteiger partial charge in [0.05, 0.1) is 17.2 Å². The van der Waals surface area contributed by atoms with Crippen LogP contribution >= 0.6 is 34.8 Å². The monoisotopic (exact) mass is 379 g/mol. The Kier molecular flexibility index (Phi) is 4.54. The van der Waals surface area contributed by atoms with Gasteiger partial charge in [-0.05, 0) is 42.8 Å². The summed E-state index contributed by atoms with van der Waals surface area (Å²) in [6.07, 6.45) is 1.25. The molecule has 0 amide bonds. The van der Waals surface area contributed by atoms with E-state index in [2.05, 4.69) is 10.3 Å². The molecule has 0 radical (unpaired) electrons. The summed E-state index contributed by atoms with van der Waals surface area (Å²) < 4.78 is 0. The maximum Gasteiger partial charge on any atom is 0.0767 e. The minimum Gasteiger partial charge on any atom is -0.545 e. The predicted octanol–water partition coefficient (Wildman–Crippen LogP) is 4.61. The number of hydrogen-bond donors (Lipinski definition) is 1. The average molecular weight is 381 g/mol. The number of halogens is 3. The van der Waals surface area contributed by atoms with Gasteiger partial charge in [0.2, 0.25) is 0 Å². The van der Waals surface area contributed by atoms with Gasteiger partial charge in [-0.25, -0.2) is 0 Å². The van der Waals surface area contributed by atoms with E-state index in [-0.39, 0.29) is 5.56 Å². The van der Waals surface area contributed by atoms with Crippen molar-refractivity contribution in [3.8, 4) is 0 Å². The van der Waals surface area contributed by atoms with Crippen LogP contribution in [0.5, 0.6) is 0 Å². The van der Waals surface area contributed by atoms with E-state index in [1.54, 1.807) is 30.3 Å². The second-order valence-corrected chi connectivity index (χ2v) is 6.47. The van der Waals surface area contributed by atoms with Crippen molar-refractivity contribution in [2.24, 2.45) is 0 Å². The highest BCUT2D eigenvalue weighted by Crippen LogP contribution is 2.34. The van der Waals surface area contributed by atoms with Crippen LogP contribution in [0.15, 0.2) is 36.5 Å². The average Bonchev–Trinajstić information content (AvgIpc) is 2.50. The number of nitrogens with zero attached hydrogens (tertiary/aromatic N) is 1. The van der Waals surface area contributed by atoms with Crippen molar-refractivity contribution in [3.63, 3.8) is 0 Å². The molecule has 24 heavy (non-hydrogen) atoms. The zero-order valence-electron chi connectivity index (χ0n) is 12.4. The number of hydrogen-bond acceptors (Lipinski definition) is 4. The van der Waals surface area contributed by atoms with Gasteiger partial charge in [-0.1, -0.05) is 34.8 Å². The molecular weight excluding hydrogens is 371 g/mol. The smallest absolute Gasteiger partial charge is 0.0767 e. The lowest BCUT2D eigenvalue weighted by atomic mass is 10.1. The van der Waals surface area contributed by atoms with Crippen LogP contribution < -0.4 is 10.4 Å². The first-order valence-corrected chi connectivity index (χ1v) is 8.02. The quantitative estimate of drug-likeness (QED) is 0.720. The molecule has 7 heteroatoms. The SMILES string of the molecule is Cc1c(Cl)ccc2c(Nc3cc(Cl)cc(Cl)c3)c(C(=O)[O-])cnc12. The summed E-state index contributed by atoms with van der Waals surface area (Å²) in [5.41, 5.74) is 2.18. The van der Waals surface area contributed by atoms with E-state index in [0.29, 0.717) is 37.3 Å². The van der Waals surface area contributed by atoms with Gasteiger partial charge in [0, 0.05) is 37.9 Å². The number of aromatic nitrogens is 1. The van der Waals surface area contributed by atoms with Crippen LogP contribution in [0, 0.1) is 6.92 Å². The number of nitrogens with one attached hydrogen (secondary N) is 1. The summed E-state index contributed by atoms with van der Waals surface area (Å²) in [5, 5.41) is 16.5. The number of carboxylic acids is 1. The Morgan fingerprint density at radius 2 is 1.79 bits per heavy atom. The van der Waals surface area contributed by atoms with Gasteiger partial charge < -0.3 is 15.2 Å². The Hall–Kier alpha value is -2.01. The normalized spacial score (nSPS) is 10.8. The molecule has 0 aliphatic rings. The second kappa shape index (κ2) is 6.48. The molecule has 0 fully saturated rings. The van der Waals surface area contributed by atoms with Gasteiger partial charge in [0.15, 0.2) is 0 Å². The lowest BCUT2D eigenvalue weighted by Crippen LogP contribution is -2.23. The number of aromatic carboxylic acids is 1. The van der Waals surface area contributed by atoms with E-state index in [1.807, 2.05) is 6.92 Å². The van der Waals surface area contributed by atoms with E-state index in [1.165, 1.54) is 6.20 Å². The number of benzene rings is 2. The Morgan fingerprint density at radius 3 is 2.42 bits per heavy atom. The molecule has 2 aromatic carbocycles. The maximum absolute atomic E-state index is 11.5. The highest BCUT2D eigenvalue weighted by atomic mass is 35.5. The fraction of sp³-hybridized carbons (Fsp3) is 0.0588. The fourth-order valence-electron chi connectivity index (χ4n) is 2.44. The molecule has 0 aliphatic heterocycles. The van der Waals surface area contributed by atoms with Crippen molar-refractivity contribution in [1.82, 2.24) is 4.98 Å². The summed E-state index contributed by atoms with van der Waals surface area (Å²) in [7, 11) is 0. The third-order valence-electron chi connectivity index (χ3n) is 3.58. The highest BCUT2D eigenvalue weighted by Gasteiger charge is 2.13. The van der Waals surface area contributed by atoms with Crippen LogP contribution in [-0.4, -0.2) is 11.0 Å². The minimum absolute atomic E-state index is 0.0691. The van der Waals surface area contributed by atoms with Crippen molar-refractivity contribution in [3.05, 3.63) is 62.7 Å². The summed E-state index contributed by atoms with van der Waals surface area (Å²) in [6, 6.07) is 8.26. The number of carbonyl (C=O) groups is 1. The Morgan fingerprint density at radius 1 is 1.12 bits per heavy atom. The number of aryl methyl sites for hydroxylation is 1. The van der Waals surface area contributed by atoms with Gasteiger partial charge in [-0.15, -0.1) is 0 Å². The number of anilines is 2. The number of carbonyl (C=O) groups excluding carboxylic acids is 1. The number of fused-ring (bicyclic) bond motifs is 1. The minimum atomic E-state index is -1.34. The van der Waals surface area contributed by atoms with E-state index in [0.717, 1.165) is 5.56 Å². The molecule has 0 saturated heterocycles. The van der Waals surface area contributed by atoms with E-state index in [9.17, 15) is 9.90 Å². The number of rotatable bonds is 3. The molecule has 3 aromatic rings. The molecule has 0 aliphatic carbocycles. The van der Waals surface area contributed by atoms with Crippen molar-refractivity contribution >= 4 is 63.0 Å². The predicted molar refractivity (Wildman–Crippen MR) is 95.6 cm³/mol. The molecule has 0 unspecified atom stereocenters. The molecule has 122 valence electrons. The third-order valence-corrected chi connectivity index (χ3v) is 4.42. The molecule has 1 aromatic heterocycles. The number of pyridine rings is 1. The highest BCUT2D eigenvalue weighted by molar-refractivity contribution is 6.35. The molecule has 0 bridgehead atoms. The van der Waals surface area contributed by atoms with Gasteiger partial charge in [0.25, 0.3) is 0 Å². The van der Waals surface area contributed by atoms with E-state index < -0.39 is 5.97 Å². The van der Waals surface area contributed by atoms with Crippen molar-refractivity contribution in [2.75, 3.05) is 5.32 Å². The summed E-state index contributed by atoms with van der Waals surface area (Å²) in [4.78, 5) is 15.7. The van der Waals surface area contributed by atoms with E-state index >= 15 is 0 Å². The summed E-state index contributed by atoms with van der Waals surface area (Å²) in [5.74, 6) is -1.34. The molecule has 3 rings (SSSR count). The first-order valence-electron chi connectivity index (χ1n) is 6.89. The Bertz CT molecular complexity index is 953. The van der Waals surface area contributed by atoms with Crippen molar-refractivity contribution in [2.45, 2.75) is 6.92 Å². The van der Waals surface area contributed by atoms with Crippen molar-refractivity contribution < 1.29 is 9.90 Å².